The van der Waals surface area contributed by atoms with Gasteiger partial charge in [0.05, 0.1) is 12.4 Å². The minimum Gasteiger partial charge on any atom is -0.322 e. The molecule has 2 heterocycles. The molecule has 1 aliphatic heterocycles. The molecular weight excluding hydrogens is 360 g/mol. The highest BCUT2D eigenvalue weighted by Crippen LogP contribution is 2.36. The monoisotopic (exact) mass is 378 g/mol. The summed E-state index contributed by atoms with van der Waals surface area (Å²) in [6.07, 6.45) is 4.14. The summed E-state index contributed by atoms with van der Waals surface area (Å²) < 4.78 is 0. The Morgan fingerprint density at radius 1 is 1.19 bits per heavy atom. The van der Waals surface area contributed by atoms with Gasteiger partial charge in [0.15, 0.2) is 5.82 Å². The molecule has 0 radical (unpaired) electrons. The van der Waals surface area contributed by atoms with Crippen molar-refractivity contribution in [2.45, 2.75) is 26.3 Å². The molecule has 4 rings (SSSR count). The number of carbonyl (C=O) groups excluding carboxylic acids is 1. The lowest BCUT2D eigenvalue weighted by atomic mass is 10.1. The number of amides is 1. The van der Waals surface area contributed by atoms with Crippen LogP contribution in [0.5, 0.6) is 0 Å². The van der Waals surface area contributed by atoms with E-state index in [9.17, 15) is 4.79 Å². The zero-order chi connectivity index (χ0) is 19.0. The van der Waals surface area contributed by atoms with Crippen LogP contribution in [0.4, 0.5) is 17.2 Å². The van der Waals surface area contributed by atoms with Gasteiger partial charge in [-0.25, -0.2) is 9.97 Å². The van der Waals surface area contributed by atoms with Gasteiger partial charge < -0.3 is 10.2 Å². The third-order valence-electron chi connectivity index (χ3n) is 4.76. The molecule has 6 heteroatoms. The molecule has 1 N–H and O–H groups in total. The maximum Gasteiger partial charge on any atom is 0.275 e. The summed E-state index contributed by atoms with van der Waals surface area (Å²) in [5.74, 6) is 0.445. The van der Waals surface area contributed by atoms with Crippen LogP contribution >= 0.6 is 11.6 Å². The molecule has 1 unspecified atom stereocenters. The molecular formula is C21H19ClN4O. The highest BCUT2D eigenvalue weighted by atomic mass is 35.5. The van der Waals surface area contributed by atoms with E-state index in [1.807, 2.05) is 19.1 Å². The lowest BCUT2D eigenvalue weighted by molar-refractivity contribution is 0.102. The Morgan fingerprint density at radius 3 is 2.74 bits per heavy atom. The van der Waals surface area contributed by atoms with Crippen molar-refractivity contribution in [1.82, 2.24) is 9.97 Å². The molecule has 1 amide bonds. The van der Waals surface area contributed by atoms with Crippen LogP contribution in [0.2, 0.25) is 5.02 Å². The summed E-state index contributed by atoms with van der Waals surface area (Å²) in [7, 11) is 0. The van der Waals surface area contributed by atoms with Crippen molar-refractivity contribution in [1.29, 1.82) is 0 Å². The Hall–Kier alpha value is -2.92. The van der Waals surface area contributed by atoms with E-state index in [0.717, 1.165) is 23.5 Å². The number of halogens is 1. The third-order valence-corrected chi connectivity index (χ3v) is 5.00. The number of para-hydroxylation sites is 1. The summed E-state index contributed by atoms with van der Waals surface area (Å²) in [5.41, 5.74) is 4.31. The first kappa shape index (κ1) is 17.5. The minimum atomic E-state index is -0.297. The van der Waals surface area contributed by atoms with Crippen LogP contribution in [-0.4, -0.2) is 21.9 Å². The Kier molecular flexibility index (Phi) is 4.54. The zero-order valence-electron chi connectivity index (χ0n) is 15.1. The molecule has 0 spiro atoms. The number of rotatable bonds is 3. The first-order chi connectivity index (χ1) is 13.0. The molecule has 0 fully saturated rings. The zero-order valence-corrected chi connectivity index (χ0v) is 15.9. The Bertz CT molecular complexity index is 1000. The average molecular weight is 379 g/mol. The maximum absolute atomic E-state index is 12.5. The van der Waals surface area contributed by atoms with E-state index in [0.29, 0.717) is 16.8 Å². The highest BCUT2D eigenvalue weighted by molar-refractivity contribution is 6.30. The molecule has 2 aromatic carbocycles. The van der Waals surface area contributed by atoms with Gasteiger partial charge in [-0.15, -0.1) is 0 Å². The summed E-state index contributed by atoms with van der Waals surface area (Å²) in [6.45, 7) is 4.05. The number of hydrogen-bond donors (Lipinski definition) is 1. The van der Waals surface area contributed by atoms with Gasteiger partial charge in [-0.1, -0.05) is 29.8 Å². The van der Waals surface area contributed by atoms with Gasteiger partial charge in [0.2, 0.25) is 0 Å². The van der Waals surface area contributed by atoms with Crippen molar-refractivity contribution in [2.24, 2.45) is 0 Å². The predicted molar refractivity (Wildman–Crippen MR) is 108 cm³/mol. The van der Waals surface area contributed by atoms with Crippen molar-refractivity contribution in [3.63, 3.8) is 0 Å². The van der Waals surface area contributed by atoms with Gasteiger partial charge in [0.1, 0.15) is 5.69 Å². The number of nitrogens with zero attached hydrogens (tertiary/aromatic N) is 3. The molecule has 0 bridgehead atoms. The van der Waals surface area contributed by atoms with Gasteiger partial charge in [-0.05, 0) is 55.7 Å². The van der Waals surface area contributed by atoms with Gasteiger partial charge >= 0.3 is 0 Å². The summed E-state index contributed by atoms with van der Waals surface area (Å²) in [4.78, 5) is 23.5. The van der Waals surface area contributed by atoms with Crippen molar-refractivity contribution in [3.8, 4) is 0 Å². The first-order valence-electron chi connectivity index (χ1n) is 8.79. The molecule has 1 aliphatic rings. The van der Waals surface area contributed by atoms with Crippen molar-refractivity contribution in [3.05, 3.63) is 76.7 Å². The normalized spacial score (nSPS) is 15.5. The Balaban J connectivity index is 1.55. The Labute approximate surface area is 163 Å². The summed E-state index contributed by atoms with van der Waals surface area (Å²) in [5, 5.41) is 3.49. The molecule has 1 aromatic heterocycles. The van der Waals surface area contributed by atoms with Gasteiger partial charge in [-0.3, -0.25) is 4.79 Å². The number of fused-ring (bicyclic) bond motifs is 1. The topological polar surface area (TPSA) is 58.1 Å². The fourth-order valence-electron chi connectivity index (χ4n) is 3.43. The molecule has 0 aliphatic carbocycles. The molecule has 27 heavy (non-hydrogen) atoms. The number of anilines is 3. The Morgan fingerprint density at radius 2 is 2.00 bits per heavy atom. The number of carbonyl (C=O) groups is 1. The second-order valence-corrected chi connectivity index (χ2v) is 7.16. The van der Waals surface area contributed by atoms with E-state index < -0.39 is 0 Å². The number of nitrogens with one attached hydrogen (secondary N) is 1. The van der Waals surface area contributed by atoms with Crippen LogP contribution in [0, 0.1) is 6.92 Å². The molecule has 0 saturated carbocycles. The van der Waals surface area contributed by atoms with Crippen LogP contribution in [0.3, 0.4) is 0 Å². The quantitative estimate of drug-likeness (QED) is 0.713. The largest absolute Gasteiger partial charge is 0.322 e. The number of aromatic nitrogens is 2. The second kappa shape index (κ2) is 7.00. The molecule has 0 saturated heterocycles. The predicted octanol–water partition coefficient (Wildman–Crippen LogP) is 4.77. The summed E-state index contributed by atoms with van der Waals surface area (Å²) in [6, 6.07) is 13.9. The molecule has 3 aromatic rings. The first-order valence-corrected chi connectivity index (χ1v) is 9.17. The minimum absolute atomic E-state index is 0.272. The van der Waals surface area contributed by atoms with E-state index in [1.54, 1.807) is 24.4 Å². The van der Waals surface area contributed by atoms with E-state index in [-0.39, 0.29) is 11.6 Å². The van der Waals surface area contributed by atoms with Crippen LogP contribution in [-0.2, 0) is 6.42 Å². The number of benzene rings is 2. The SMILES string of the molecule is Cc1cc(Cl)ccc1NC(=O)c1cnc(N2c3ccccc3CC2C)cn1. The van der Waals surface area contributed by atoms with E-state index in [2.05, 4.69) is 39.2 Å². The molecule has 5 nitrogen and oxygen atoms in total. The van der Waals surface area contributed by atoms with E-state index in [1.165, 1.54) is 11.8 Å². The van der Waals surface area contributed by atoms with Crippen LogP contribution < -0.4 is 10.2 Å². The van der Waals surface area contributed by atoms with Gasteiger partial charge in [0.25, 0.3) is 5.91 Å². The second-order valence-electron chi connectivity index (χ2n) is 6.73. The fraction of sp³-hybridized carbons (Fsp3) is 0.190. The average Bonchev–Trinajstić information content (AvgIpc) is 3.00. The van der Waals surface area contributed by atoms with Gasteiger partial charge in [-0.2, -0.15) is 0 Å². The molecule has 136 valence electrons. The fourth-order valence-corrected chi connectivity index (χ4v) is 3.66. The number of aryl methyl sites for hydroxylation is 1. The molecule has 1 atom stereocenters. The third kappa shape index (κ3) is 3.38. The van der Waals surface area contributed by atoms with Crippen LogP contribution in [0.15, 0.2) is 54.9 Å². The smallest absolute Gasteiger partial charge is 0.275 e. The highest BCUT2D eigenvalue weighted by Gasteiger charge is 2.28. The van der Waals surface area contributed by atoms with Crippen molar-refractivity contribution >= 4 is 34.7 Å². The lowest BCUT2D eigenvalue weighted by Gasteiger charge is -2.23. The van der Waals surface area contributed by atoms with Crippen LogP contribution in [0.25, 0.3) is 0 Å². The van der Waals surface area contributed by atoms with Crippen molar-refractivity contribution < 1.29 is 4.79 Å². The van der Waals surface area contributed by atoms with Crippen molar-refractivity contribution in [2.75, 3.05) is 10.2 Å². The standard InChI is InChI=1S/C21H19ClN4O/c1-13-9-16(22)7-8-17(13)25-21(27)18-11-24-20(12-23-18)26-14(2)10-15-5-3-4-6-19(15)26/h3-9,11-12,14H,10H2,1-2H3,(H,25,27). The maximum atomic E-state index is 12.5. The lowest BCUT2D eigenvalue weighted by Crippen LogP contribution is -2.25. The number of hydrogen-bond acceptors (Lipinski definition) is 4. The van der Waals surface area contributed by atoms with Gasteiger partial charge in [0, 0.05) is 22.4 Å². The van der Waals surface area contributed by atoms with E-state index in [4.69, 9.17) is 11.6 Å². The van der Waals surface area contributed by atoms with Crippen LogP contribution in [0.1, 0.15) is 28.5 Å². The summed E-state index contributed by atoms with van der Waals surface area (Å²) >= 11 is 5.96. The van der Waals surface area contributed by atoms with E-state index >= 15 is 0 Å².